The van der Waals surface area contributed by atoms with Gasteiger partial charge in [0.15, 0.2) is 0 Å². The van der Waals surface area contributed by atoms with Crippen molar-refractivity contribution in [2.24, 2.45) is 5.92 Å². The van der Waals surface area contributed by atoms with Crippen molar-refractivity contribution in [3.8, 4) is 0 Å². The first kappa shape index (κ1) is 28.5. The molecule has 7 nitrogen and oxygen atoms in total. The van der Waals surface area contributed by atoms with Gasteiger partial charge in [0.05, 0.1) is 0 Å². The van der Waals surface area contributed by atoms with E-state index in [1.807, 2.05) is 79.7 Å². The third-order valence-electron chi connectivity index (χ3n) is 4.83. The number of benzene rings is 1. The van der Waals surface area contributed by atoms with Crippen molar-refractivity contribution in [1.82, 2.24) is 15.5 Å². The molecule has 0 aliphatic heterocycles. The first-order chi connectivity index (χ1) is 14.9. The van der Waals surface area contributed by atoms with Crippen LogP contribution in [0.3, 0.4) is 0 Å². The van der Waals surface area contributed by atoms with Crippen LogP contribution in [0, 0.1) is 12.8 Å². The van der Waals surface area contributed by atoms with Gasteiger partial charge in [-0.25, -0.2) is 4.79 Å². The van der Waals surface area contributed by atoms with Gasteiger partial charge in [-0.05, 0) is 73.8 Å². The zero-order valence-electron chi connectivity index (χ0n) is 22.2. The molecule has 0 radical (unpaired) electrons. The van der Waals surface area contributed by atoms with Crippen LogP contribution in [-0.4, -0.2) is 46.0 Å². The van der Waals surface area contributed by atoms with E-state index in [9.17, 15) is 14.4 Å². The summed E-state index contributed by atoms with van der Waals surface area (Å²) in [7, 11) is 0. The van der Waals surface area contributed by atoms with E-state index in [2.05, 4.69) is 10.6 Å². The summed E-state index contributed by atoms with van der Waals surface area (Å²) in [6, 6.07) is 5.60. The standard InChI is InChI=1S/C26H43N3O4/c1-16(2)20(27-24(32)33-26(9,10)11)23(31)29(17(3)4)21(22(30)28-25(6,7)8)19-14-12-18(5)13-15-19/h12-17,20-21H,1-11H3,(H,27,32)(H,28,30). The molecule has 1 aromatic carbocycles. The van der Waals surface area contributed by atoms with Gasteiger partial charge in [0.2, 0.25) is 11.8 Å². The second kappa shape index (κ2) is 11.0. The summed E-state index contributed by atoms with van der Waals surface area (Å²) in [5, 5.41) is 5.74. The van der Waals surface area contributed by atoms with Gasteiger partial charge in [-0.1, -0.05) is 43.7 Å². The van der Waals surface area contributed by atoms with Gasteiger partial charge in [-0.3, -0.25) is 9.59 Å². The fourth-order valence-corrected chi connectivity index (χ4v) is 3.41. The minimum absolute atomic E-state index is 0.212. The van der Waals surface area contributed by atoms with E-state index in [0.29, 0.717) is 5.56 Å². The third-order valence-corrected chi connectivity index (χ3v) is 4.83. The SMILES string of the molecule is Cc1ccc(C(C(=O)NC(C)(C)C)N(C(=O)C(NC(=O)OC(C)(C)C)C(C)C)C(C)C)cc1. The minimum Gasteiger partial charge on any atom is -0.444 e. The van der Waals surface area contributed by atoms with Gasteiger partial charge < -0.3 is 20.3 Å². The van der Waals surface area contributed by atoms with Gasteiger partial charge in [0, 0.05) is 11.6 Å². The lowest BCUT2D eigenvalue weighted by Crippen LogP contribution is -2.57. The van der Waals surface area contributed by atoms with Gasteiger partial charge in [0.25, 0.3) is 0 Å². The lowest BCUT2D eigenvalue weighted by molar-refractivity contribution is -0.146. The van der Waals surface area contributed by atoms with Crippen molar-refractivity contribution in [3.05, 3.63) is 35.4 Å². The first-order valence-electron chi connectivity index (χ1n) is 11.6. The molecule has 2 unspecified atom stereocenters. The van der Waals surface area contributed by atoms with E-state index in [-0.39, 0.29) is 23.8 Å². The molecule has 0 aromatic heterocycles. The summed E-state index contributed by atoms with van der Waals surface area (Å²) in [5.41, 5.74) is 0.605. The summed E-state index contributed by atoms with van der Waals surface area (Å²) in [6.45, 7) is 20.4. The Bertz CT molecular complexity index is 817. The third kappa shape index (κ3) is 9.06. The molecule has 2 N–H and O–H groups in total. The van der Waals surface area contributed by atoms with E-state index in [1.165, 1.54) is 0 Å². The molecule has 0 spiro atoms. The van der Waals surface area contributed by atoms with Crippen LogP contribution in [0.4, 0.5) is 4.79 Å². The Morgan fingerprint density at radius 1 is 0.909 bits per heavy atom. The Morgan fingerprint density at radius 3 is 1.82 bits per heavy atom. The van der Waals surface area contributed by atoms with E-state index in [0.717, 1.165) is 5.56 Å². The second-order valence-corrected chi connectivity index (χ2v) is 11.3. The Labute approximate surface area is 199 Å². The van der Waals surface area contributed by atoms with E-state index in [1.54, 1.807) is 25.7 Å². The highest BCUT2D eigenvalue weighted by molar-refractivity contribution is 5.92. The van der Waals surface area contributed by atoms with E-state index >= 15 is 0 Å². The summed E-state index contributed by atoms with van der Waals surface area (Å²) >= 11 is 0. The van der Waals surface area contributed by atoms with E-state index < -0.39 is 29.3 Å². The number of aryl methyl sites for hydroxylation is 1. The normalized spacial score (nSPS) is 14.0. The van der Waals surface area contributed by atoms with Crippen molar-refractivity contribution in [1.29, 1.82) is 0 Å². The zero-order chi connectivity index (χ0) is 25.7. The van der Waals surface area contributed by atoms with E-state index in [4.69, 9.17) is 4.74 Å². The maximum Gasteiger partial charge on any atom is 0.408 e. The molecular weight excluding hydrogens is 418 g/mol. The Morgan fingerprint density at radius 2 is 1.42 bits per heavy atom. The minimum atomic E-state index is -0.849. The molecule has 0 fully saturated rings. The van der Waals surface area contributed by atoms with Gasteiger partial charge in [-0.15, -0.1) is 0 Å². The summed E-state index contributed by atoms with van der Waals surface area (Å²) in [4.78, 5) is 41.4. The van der Waals surface area contributed by atoms with Crippen LogP contribution in [-0.2, 0) is 14.3 Å². The van der Waals surface area contributed by atoms with Crippen molar-refractivity contribution < 1.29 is 19.1 Å². The predicted octanol–water partition coefficient (Wildman–Crippen LogP) is 4.74. The van der Waals surface area contributed by atoms with Crippen molar-refractivity contribution in [2.75, 3.05) is 0 Å². The lowest BCUT2D eigenvalue weighted by Gasteiger charge is -2.39. The Hall–Kier alpha value is -2.57. The van der Waals surface area contributed by atoms with Crippen LogP contribution < -0.4 is 10.6 Å². The predicted molar refractivity (Wildman–Crippen MR) is 132 cm³/mol. The van der Waals surface area contributed by atoms with Crippen LogP contribution in [0.2, 0.25) is 0 Å². The number of nitrogens with one attached hydrogen (secondary N) is 2. The molecule has 0 saturated heterocycles. The van der Waals surface area contributed by atoms with Crippen LogP contribution in [0.5, 0.6) is 0 Å². The molecule has 0 saturated carbocycles. The maximum atomic E-state index is 13.9. The van der Waals surface area contributed by atoms with Gasteiger partial charge in [0.1, 0.15) is 17.7 Å². The molecule has 0 bridgehead atoms. The molecule has 1 aromatic rings. The highest BCUT2D eigenvalue weighted by Gasteiger charge is 2.39. The van der Waals surface area contributed by atoms with Gasteiger partial charge in [-0.2, -0.15) is 0 Å². The second-order valence-electron chi connectivity index (χ2n) is 11.3. The Balaban J connectivity index is 3.45. The number of hydrogen-bond acceptors (Lipinski definition) is 4. The van der Waals surface area contributed by atoms with Crippen molar-refractivity contribution in [3.63, 3.8) is 0 Å². The lowest BCUT2D eigenvalue weighted by atomic mass is 9.96. The monoisotopic (exact) mass is 461 g/mol. The van der Waals surface area contributed by atoms with Crippen LogP contribution >= 0.6 is 0 Å². The fourth-order valence-electron chi connectivity index (χ4n) is 3.41. The average molecular weight is 462 g/mol. The number of carbonyl (C=O) groups excluding carboxylic acids is 3. The number of amides is 3. The summed E-state index contributed by atoms with van der Waals surface area (Å²) < 4.78 is 5.38. The Kier molecular flexibility index (Phi) is 9.52. The number of carbonyl (C=O) groups is 3. The average Bonchev–Trinajstić information content (AvgIpc) is 2.61. The van der Waals surface area contributed by atoms with Crippen molar-refractivity contribution in [2.45, 2.75) is 105 Å². The molecule has 0 aliphatic carbocycles. The molecule has 1 rings (SSSR count). The molecule has 33 heavy (non-hydrogen) atoms. The smallest absolute Gasteiger partial charge is 0.408 e. The molecule has 0 aliphatic rings. The molecule has 7 heteroatoms. The van der Waals surface area contributed by atoms with Crippen LogP contribution in [0.15, 0.2) is 24.3 Å². The highest BCUT2D eigenvalue weighted by Crippen LogP contribution is 2.27. The molecule has 0 heterocycles. The largest absolute Gasteiger partial charge is 0.444 e. The number of hydrogen-bond donors (Lipinski definition) is 2. The van der Waals surface area contributed by atoms with Gasteiger partial charge >= 0.3 is 6.09 Å². The quantitative estimate of drug-likeness (QED) is 0.614. The molecule has 2 atom stereocenters. The number of alkyl carbamates (subject to hydrolysis) is 1. The molecule has 186 valence electrons. The van der Waals surface area contributed by atoms with Crippen molar-refractivity contribution >= 4 is 17.9 Å². The summed E-state index contributed by atoms with van der Waals surface area (Å²) in [6.07, 6.45) is -0.663. The zero-order valence-corrected chi connectivity index (χ0v) is 22.2. The number of rotatable bonds is 7. The fraction of sp³-hybridized carbons (Fsp3) is 0.654. The molecule has 3 amide bonds. The highest BCUT2D eigenvalue weighted by atomic mass is 16.6. The van der Waals surface area contributed by atoms with Crippen LogP contribution in [0.1, 0.15) is 86.4 Å². The van der Waals surface area contributed by atoms with Crippen LogP contribution in [0.25, 0.3) is 0 Å². The topological polar surface area (TPSA) is 87.7 Å². The maximum absolute atomic E-state index is 13.9. The number of nitrogens with zero attached hydrogens (tertiary/aromatic N) is 1. The molecular formula is C26H43N3O4. The summed E-state index contributed by atoms with van der Waals surface area (Å²) in [5.74, 6) is -0.815. The first-order valence-corrected chi connectivity index (χ1v) is 11.6. The number of ether oxygens (including phenoxy) is 1.